The van der Waals surface area contributed by atoms with Gasteiger partial charge in [0.25, 0.3) is 0 Å². The van der Waals surface area contributed by atoms with Crippen LogP contribution in [-0.4, -0.2) is 42.7 Å². The summed E-state index contributed by atoms with van der Waals surface area (Å²) < 4.78 is 26.8. The largest absolute Gasteiger partial charge is 0.374 e. The van der Waals surface area contributed by atoms with Gasteiger partial charge in [-0.1, -0.05) is 12.1 Å². The predicted octanol–water partition coefficient (Wildman–Crippen LogP) is 4.34. The van der Waals surface area contributed by atoms with Crippen molar-refractivity contribution >= 4 is 38.6 Å². The molecule has 1 fully saturated rings. The van der Waals surface area contributed by atoms with Crippen LogP contribution in [0.2, 0.25) is 0 Å². The van der Waals surface area contributed by atoms with Crippen molar-refractivity contribution in [3.63, 3.8) is 0 Å². The molecule has 1 saturated heterocycles. The van der Waals surface area contributed by atoms with Crippen LogP contribution in [0.3, 0.4) is 0 Å². The van der Waals surface area contributed by atoms with Gasteiger partial charge in [-0.25, -0.2) is 13.4 Å². The summed E-state index contributed by atoms with van der Waals surface area (Å²) in [5.74, 6) is -0.213. The number of amides is 1. The summed E-state index contributed by atoms with van der Waals surface area (Å²) in [7, 11) is -3.46. The molecule has 1 amide bonds. The number of carbonyl (C=O) groups excluding carboxylic acids is 1. The van der Waals surface area contributed by atoms with Gasteiger partial charge in [0.15, 0.2) is 0 Å². The van der Waals surface area contributed by atoms with Crippen LogP contribution in [0.5, 0.6) is 0 Å². The summed E-state index contributed by atoms with van der Waals surface area (Å²) in [6, 6.07) is 13.6. The molecule has 1 aliphatic heterocycles. The maximum absolute atomic E-state index is 12.7. The van der Waals surface area contributed by atoms with Crippen LogP contribution in [0.1, 0.15) is 24.8 Å². The molecule has 1 aromatic heterocycles. The Morgan fingerprint density at radius 3 is 2.47 bits per heavy atom. The van der Waals surface area contributed by atoms with Gasteiger partial charge in [-0.15, -0.1) is 11.3 Å². The molecule has 32 heavy (non-hydrogen) atoms. The number of sulfonamides is 1. The van der Waals surface area contributed by atoms with E-state index >= 15 is 0 Å². The number of hydrogen-bond donors (Lipinski definition) is 2. The van der Waals surface area contributed by atoms with Gasteiger partial charge in [0, 0.05) is 35.4 Å². The summed E-state index contributed by atoms with van der Waals surface area (Å²) in [5.41, 5.74) is 3.28. The first-order valence-electron chi connectivity index (χ1n) is 10.5. The molecule has 1 aliphatic rings. The molecule has 2 N–H and O–H groups in total. The predicted molar refractivity (Wildman–Crippen MR) is 128 cm³/mol. The minimum absolute atomic E-state index is 0.213. The molecule has 0 bridgehead atoms. The van der Waals surface area contributed by atoms with E-state index in [-0.39, 0.29) is 10.8 Å². The first kappa shape index (κ1) is 22.4. The minimum Gasteiger partial charge on any atom is -0.374 e. The lowest BCUT2D eigenvalue weighted by molar-refractivity contribution is -0.116. The Bertz CT molecular complexity index is 1200. The molecule has 4 rings (SSSR count). The average molecular weight is 471 g/mol. The van der Waals surface area contributed by atoms with Gasteiger partial charge >= 0.3 is 0 Å². The Labute approximate surface area is 192 Å². The van der Waals surface area contributed by atoms with Crippen LogP contribution in [-0.2, 0) is 14.8 Å². The molecular weight excluding hydrogens is 444 g/mol. The van der Waals surface area contributed by atoms with Crippen molar-refractivity contribution in [1.29, 1.82) is 0 Å². The molecule has 0 aliphatic carbocycles. The molecule has 2 aromatic carbocycles. The number of carbonyl (C=O) groups is 1. The Morgan fingerprint density at radius 2 is 1.81 bits per heavy atom. The molecule has 7 nitrogen and oxygen atoms in total. The van der Waals surface area contributed by atoms with Crippen molar-refractivity contribution < 1.29 is 13.2 Å². The normalized spacial score (nSPS) is 15.4. The van der Waals surface area contributed by atoms with E-state index < -0.39 is 16.1 Å². The summed E-state index contributed by atoms with van der Waals surface area (Å²) in [6.07, 6.45) is 1.79. The molecule has 0 unspecified atom stereocenters. The number of rotatable bonds is 7. The van der Waals surface area contributed by atoms with Gasteiger partial charge in [0.2, 0.25) is 15.9 Å². The lowest BCUT2D eigenvalue weighted by Gasteiger charge is -2.17. The maximum atomic E-state index is 12.7. The third-order valence-corrected chi connectivity index (χ3v) is 8.06. The molecule has 2 heterocycles. The molecule has 0 radical (unpaired) electrons. The van der Waals surface area contributed by atoms with Gasteiger partial charge in [-0.05, 0) is 63.1 Å². The van der Waals surface area contributed by atoms with E-state index in [1.165, 1.54) is 4.31 Å². The zero-order valence-corrected chi connectivity index (χ0v) is 19.7. The SMILES string of the molecule is Cc1nc(-c2cccc(N[C@H](C)C(=O)Nc3ccc(S(=O)(=O)N4CCCC4)cc3)c2)cs1. The highest BCUT2D eigenvalue weighted by Crippen LogP contribution is 2.25. The van der Waals surface area contributed by atoms with Crippen molar-refractivity contribution in [3.05, 3.63) is 58.9 Å². The van der Waals surface area contributed by atoms with E-state index in [0.717, 1.165) is 34.8 Å². The Morgan fingerprint density at radius 1 is 1.09 bits per heavy atom. The van der Waals surface area contributed by atoms with E-state index in [9.17, 15) is 13.2 Å². The number of anilines is 2. The number of benzene rings is 2. The van der Waals surface area contributed by atoms with Crippen molar-refractivity contribution in [2.24, 2.45) is 0 Å². The van der Waals surface area contributed by atoms with Crippen molar-refractivity contribution in [2.75, 3.05) is 23.7 Å². The van der Waals surface area contributed by atoms with Crippen molar-refractivity contribution in [3.8, 4) is 11.3 Å². The first-order valence-corrected chi connectivity index (χ1v) is 12.8. The highest BCUT2D eigenvalue weighted by Gasteiger charge is 2.27. The van der Waals surface area contributed by atoms with Crippen molar-refractivity contribution in [2.45, 2.75) is 37.6 Å². The lowest BCUT2D eigenvalue weighted by Crippen LogP contribution is -2.32. The standard InChI is InChI=1S/C23H26N4O3S2/c1-16(24-20-7-5-6-18(14-20)22-15-31-17(2)25-22)23(28)26-19-8-10-21(11-9-19)32(29,30)27-12-3-4-13-27/h5-11,14-16,24H,3-4,12-13H2,1-2H3,(H,26,28)/t16-/m1/s1. The van der Waals surface area contributed by atoms with Gasteiger partial charge in [-0.3, -0.25) is 4.79 Å². The molecular formula is C23H26N4O3S2. The van der Waals surface area contributed by atoms with E-state index in [2.05, 4.69) is 15.6 Å². The van der Waals surface area contributed by atoms with Gasteiger partial charge < -0.3 is 10.6 Å². The molecule has 3 aromatic rings. The Balaban J connectivity index is 1.39. The van der Waals surface area contributed by atoms with Crippen LogP contribution in [0.15, 0.2) is 58.8 Å². The Hall–Kier alpha value is -2.75. The smallest absolute Gasteiger partial charge is 0.246 e. The number of nitrogens with zero attached hydrogens (tertiary/aromatic N) is 2. The number of thiazole rings is 1. The van der Waals surface area contributed by atoms with Crippen LogP contribution in [0.25, 0.3) is 11.3 Å². The van der Waals surface area contributed by atoms with Gasteiger partial charge in [0.05, 0.1) is 15.6 Å². The molecule has 9 heteroatoms. The van der Waals surface area contributed by atoms with E-state index in [0.29, 0.717) is 18.8 Å². The van der Waals surface area contributed by atoms with Crippen LogP contribution in [0, 0.1) is 6.92 Å². The zero-order valence-electron chi connectivity index (χ0n) is 18.0. The topological polar surface area (TPSA) is 91.4 Å². The summed E-state index contributed by atoms with van der Waals surface area (Å²) in [5, 5.41) is 9.07. The summed E-state index contributed by atoms with van der Waals surface area (Å²) >= 11 is 1.60. The fourth-order valence-electron chi connectivity index (χ4n) is 3.62. The van der Waals surface area contributed by atoms with Crippen LogP contribution >= 0.6 is 11.3 Å². The van der Waals surface area contributed by atoms with Gasteiger partial charge in [0.1, 0.15) is 6.04 Å². The van der Waals surface area contributed by atoms with Crippen LogP contribution in [0.4, 0.5) is 11.4 Å². The second-order valence-electron chi connectivity index (χ2n) is 7.82. The number of aromatic nitrogens is 1. The summed E-state index contributed by atoms with van der Waals surface area (Å²) in [4.78, 5) is 17.4. The second kappa shape index (κ2) is 9.40. The van der Waals surface area contributed by atoms with E-state index in [1.807, 2.05) is 36.6 Å². The van der Waals surface area contributed by atoms with Gasteiger partial charge in [-0.2, -0.15) is 4.31 Å². The lowest BCUT2D eigenvalue weighted by atomic mass is 10.1. The van der Waals surface area contributed by atoms with Crippen LogP contribution < -0.4 is 10.6 Å². The molecule has 1 atom stereocenters. The monoisotopic (exact) mass is 470 g/mol. The minimum atomic E-state index is -3.46. The Kier molecular flexibility index (Phi) is 6.59. The number of hydrogen-bond acceptors (Lipinski definition) is 6. The third-order valence-electron chi connectivity index (χ3n) is 5.38. The van der Waals surface area contributed by atoms with E-state index in [4.69, 9.17) is 0 Å². The third kappa shape index (κ3) is 5.01. The number of aryl methyl sites for hydroxylation is 1. The second-order valence-corrected chi connectivity index (χ2v) is 10.8. The first-order chi connectivity index (χ1) is 15.3. The maximum Gasteiger partial charge on any atom is 0.246 e. The fraction of sp³-hybridized carbons (Fsp3) is 0.304. The highest BCUT2D eigenvalue weighted by molar-refractivity contribution is 7.89. The van der Waals surface area contributed by atoms with Crippen molar-refractivity contribution in [1.82, 2.24) is 9.29 Å². The number of nitrogens with one attached hydrogen (secondary N) is 2. The fourth-order valence-corrected chi connectivity index (χ4v) is 5.76. The molecule has 0 spiro atoms. The molecule has 0 saturated carbocycles. The zero-order chi connectivity index (χ0) is 22.7. The molecule has 168 valence electrons. The average Bonchev–Trinajstić information content (AvgIpc) is 3.47. The highest BCUT2D eigenvalue weighted by atomic mass is 32.2. The summed E-state index contributed by atoms with van der Waals surface area (Å²) in [6.45, 7) is 4.87. The van der Waals surface area contributed by atoms with E-state index in [1.54, 1.807) is 42.5 Å². The quantitative estimate of drug-likeness (QED) is 0.536.